The molecule has 0 spiro atoms. The van der Waals surface area contributed by atoms with Crippen molar-refractivity contribution in [1.29, 1.82) is 0 Å². The molecule has 9 heteroatoms. The zero-order valence-corrected chi connectivity index (χ0v) is 18.6. The van der Waals surface area contributed by atoms with Gasteiger partial charge in [0, 0.05) is 24.8 Å². The van der Waals surface area contributed by atoms with E-state index in [4.69, 9.17) is 23.2 Å². The van der Waals surface area contributed by atoms with E-state index in [1.54, 1.807) is 33.7 Å². The lowest BCUT2D eigenvalue weighted by Gasteiger charge is -2.34. The van der Waals surface area contributed by atoms with Gasteiger partial charge in [0.05, 0.1) is 22.1 Å². The molecule has 2 N–H and O–H groups in total. The molecule has 0 radical (unpaired) electrons. The lowest BCUT2D eigenvalue weighted by molar-refractivity contribution is -0.146. The number of carbonyl (C=O) groups is 2. The van der Waals surface area contributed by atoms with Gasteiger partial charge in [-0.25, -0.2) is 4.98 Å². The summed E-state index contributed by atoms with van der Waals surface area (Å²) in [5.41, 5.74) is 1.93. The van der Waals surface area contributed by atoms with Crippen LogP contribution in [0.4, 0.5) is 5.82 Å². The Hall–Kier alpha value is -2.61. The van der Waals surface area contributed by atoms with Crippen LogP contribution in [0.15, 0.2) is 36.5 Å². The van der Waals surface area contributed by atoms with Crippen LogP contribution >= 0.6 is 23.2 Å². The van der Waals surface area contributed by atoms with E-state index in [9.17, 15) is 19.8 Å². The number of imidazole rings is 1. The third-order valence-electron chi connectivity index (χ3n) is 6.29. The van der Waals surface area contributed by atoms with Crippen molar-refractivity contribution >= 4 is 46.3 Å². The molecule has 1 saturated carbocycles. The van der Waals surface area contributed by atoms with Gasteiger partial charge >= 0.3 is 5.97 Å². The molecule has 0 amide bonds. The Morgan fingerprint density at radius 3 is 2.50 bits per heavy atom. The monoisotopic (exact) mass is 473 g/mol. The molecule has 2 aromatic heterocycles. The summed E-state index contributed by atoms with van der Waals surface area (Å²) in [5.74, 6) is -1.19. The third-order valence-corrected chi connectivity index (χ3v) is 6.91. The SMILES string of the molecule is O=C(c1c(Cl)cccc1C1CC1)c1nc(N2CCC(C(=O)O)C(O)C2)c2c(Cl)cccn12. The zero-order valence-electron chi connectivity index (χ0n) is 17.0. The summed E-state index contributed by atoms with van der Waals surface area (Å²) >= 11 is 13.0. The number of aliphatic hydroxyl groups is 1. The maximum Gasteiger partial charge on any atom is 0.309 e. The van der Waals surface area contributed by atoms with Gasteiger partial charge in [0.1, 0.15) is 5.52 Å². The average molecular weight is 474 g/mol. The molecule has 1 aliphatic heterocycles. The van der Waals surface area contributed by atoms with Crippen molar-refractivity contribution in [3.8, 4) is 0 Å². The molecule has 166 valence electrons. The van der Waals surface area contributed by atoms with Gasteiger partial charge in [0.2, 0.25) is 5.78 Å². The number of benzene rings is 1. The number of carboxylic acids is 1. The van der Waals surface area contributed by atoms with Crippen molar-refractivity contribution in [3.05, 3.63) is 63.5 Å². The first-order valence-electron chi connectivity index (χ1n) is 10.5. The number of carboxylic acid groups (broad SMARTS) is 1. The number of fused-ring (bicyclic) bond motifs is 1. The molecule has 1 aliphatic carbocycles. The highest BCUT2D eigenvalue weighted by Crippen LogP contribution is 2.44. The van der Waals surface area contributed by atoms with Crippen molar-refractivity contribution < 1.29 is 19.8 Å². The highest BCUT2D eigenvalue weighted by molar-refractivity contribution is 6.36. The normalized spacial score (nSPS) is 21.2. The minimum absolute atomic E-state index is 0.0852. The van der Waals surface area contributed by atoms with Crippen LogP contribution in [0.1, 0.15) is 46.9 Å². The number of piperidine rings is 1. The van der Waals surface area contributed by atoms with Crippen LogP contribution in [-0.2, 0) is 4.79 Å². The van der Waals surface area contributed by atoms with E-state index in [1.807, 2.05) is 12.1 Å². The quantitative estimate of drug-likeness (QED) is 0.543. The van der Waals surface area contributed by atoms with Crippen LogP contribution in [0.3, 0.4) is 0 Å². The van der Waals surface area contributed by atoms with E-state index in [-0.39, 0.29) is 24.6 Å². The lowest BCUT2D eigenvalue weighted by atomic mass is 9.94. The van der Waals surface area contributed by atoms with E-state index in [2.05, 4.69) is 4.98 Å². The highest BCUT2D eigenvalue weighted by atomic mass is 35.5. The Balaban J connectivity index is 1.60. The number of halogens is 2. The Morgan fingerprint density at radius 1 is 1.06 bits per heavy atom. The molecular weight excluding hydrogens is 453 g/mol. The van der Waals surface area contributed by atoms with Crippen LogP contribution in [0.2, 0.25) is 10.0 Å². The summed E-state index contributed by atoms with van der Waals surface area (Å²) < 4.78 is 1.65. The molecule has 2 atom stereocenters. The van der Waals surface area contributed by atoms with Crippen molar-refractivity contribution in [1.82, 2.24) is 9.38 Å². The molecule has 2 fully saturated rings. The Bertz CT molecular complexity index is 1240. The maximum absolute atomic E-state index is 13.7. The topological polar surface area (TPSA) is 95.1 Å². The first-order valence-corrected chi connectivity index (χ1v) is 11.3. The molecular formula is C23H21Cl2N3O4. The fourth-order valence-corrected chi connectivity index (χ4v) is 5.02. The molecule has 1 saturated heterocycles. The van der Waals surface area contributed by atoms with E-state index in [1.165, 1.54) is 0 Å². The second kappa shape index (κ2) is 8.06. The standard InChI is InChI=1S/C23H21Cl2N3O4/c24-15-4-1-3-13(12-6-7-12)18(15)20(30)22-26-21(19-16(25)5-2-9-28(19)22)27-10-8-14(23(31)32)17(29)11-27/h1-5,9,12,14,17,29H,6-8,10-11H2,(H,31,32). The van der Waals surface area contributed by atoms with E-state index >= 15 is 0 Å². The maximum atomic E-state index is 13.7. The summed E-state index contributed by atoms with van der Waals surface area (Å²) in [4.78, 5) is 31.5. The van der Waals surface area contributed by atoms with Crippen LogP contribution in [-0.4, -0.2) is 50.5 Å². The average Bonchev–Trinajstić information content (AvgIpc) is 3.53. The Labute approximate surface area is 194 Å². The molecule has 0 bridgehead atoms. The van der Waals surface area contributed by atoms with Gasteiger partial charge < -0.3 is 15.1 Å². The van der Waals surface area contributed by atoms with Crippen molar-refractivity contribution in [2.45, 2.75) is 31.3 Å². The predicted molar refractivity (Wildman–Crippen MR) is 121 cm³/mol. The summed E-state index contributed by atoms with van der Waals surface area (Å²) in [6, 6.07) is 8.94. The smallest absolute Gasteiger partial charge is 0.309 e. The number of aliphatic carboxylic acids is 1. The second-order valence-electron chi connectivity index (χ2n) is 8.39. The predicted octanol–water partition coefficient (Wildman–Crippen LogP) is 4.02. The number of nitrogens with zero attached hydrogens (tertiary/aromatic N) is 3. The number of aliphatic hydroxyl groups excluding tert-OH is 1. The summed E-state index contributed by atoms with van der Waals surface area (Å²) in [5, 5.41) is 20.5. The molecule has 2 aliphatic rings. The van der Waals surface area contributed by atoms with E-state index in [0.29, 0.717) is 39.4 Å². The molecule has 3 aromatic rings. The Morgan fingerprint density at radius 2 is 1.81 bits per heavy atom. The van der Waals surface area contributed by atoms with Gasteiger partial charge in [-0.05, 0) is 48.9 Å². The largest absolute Gasteiger partial charge is 0.481 e. The van der Waals surface area contributed by atoms with Crippen LogP contribution in [0.5, 0.6) is 0 Å². The number of hydrogen-bond donors (Lipinski definition) is 2. The zero-order chi connectivity index (χ0) is 22.6. The number of ketones is 1. The summed E-state index contributed by atoms with van der Waals surface area (Å²) in [6.07, 6.45) is 2.98. The molecule has 1 aromatic carbocycles. The second-order valence-corrected chi connectivity index (χ2v) is 9.20. The van der Waals surface area contributed by atoms with Gasteiger partial charge in [0.25, 0.3) is 0 Å². The number of rotatable bonds is 5. The number of anilines is 1. The highest BCUT2D eigenvalue weighted by Gasteiger charge is 2.36. The summed E-state index contributed by atoms with van der Waals surface area (Å²) in [6.45, 7) is 0.459. The van der Waals surface area contributed by atoms with Gasteiger partial charge in [0.15, 0.2) is 11.6 Å². The fraction of sp³-hybridized carbons (Fsp3) is 0.348. The van der Waals surface area contributed by atoms with Crippen LogP contribution in [0.25, 0.3) is 5.52 Å². The number of β-amino-alcohol motifs (C(OH)–C–C–N with tert-alkyl or cyclic N) is 1. The molecule has 7 nitrogen and oxygen atoms in total. The van der Waals surface area contributed by atoms with Crippen molar-refractivity contribution in [3.63, 3.8) is 0 Å². The molecule has 2 unspecified atom stereocenters. The minimum Gasteiger partial charge on any atom is -0.481 e. The number of pyridine rings is 1. The van der Waals surface area contributed by atoms with E-state index < -0.39 is 18.0 Å². The lowest BCUT2D eigenvalue weighted by Crippen LogP contribution is -2.46. The summed E-state index contributed by atoms with van der Waals surface area (Å²) in [7, 11) is 0. The fourth-order valence-electron chi connectivity index (χ4n) is 4.50. The van der Waals surface area contributed by atoms with Crippen LogP contribution < -0.4 is 4.90 Å². The molecule has 3 heterocycles. The van der Waals surface area contributed by atoms with Gasteiger partial charge in [-0.3, -0.25) is 14.0 Å². The number of hydrogen-bond acceptors (Lipinski definition) is 5. The number of carbonyl (C=O) groups excluding carboxylic acids is 1. The molecule has 32 heavy (non-hydrogen) atoms. The minimum atomic E-state index is -1.05. The number of aromatic nitrogens is 2. The van der Waals surface area contributed by atoms with Crippen LogP contribution in [0, 0.1) is 5.92 Å². The van der Waals surface area contributed by atoms with Gasteiger partial charge in [-0.15, -0.1) is 0 Å². The van der Waals surface area contributed by atoms with E-state index in [0.717, 1.165) is 18.4 Å². The van der Waals surface area contributed by atoms with Gasteiger partial charge in [-0.1, -0.05) is 35.3 Å². The van der Waals surface area contributed by atoms with Gasteiger partial charge in [-0.2, -0.15) is 0 Å². The first-order chi connectivity index (χ1) is 15.4. The van der Waals surface area contributed by atoms with Crippen molar-refractivity contribution in [2.75, 3.05) is 18.0 Å². The van der Waals surface area contributed by atoms with Crippen molar-refractivity contribution in [2.24, 2.45) is 5.92 Å². The Kier molecular flexibility index (Phi) is 5.35. The third kappa shape index (κ3) is 3.54. The first kappa shape index (κ1) is 21.2. The molecule has 5 rings (SSSR count).